The molecule has 0 aliphatic heterocycles. The Morgan fingerprint density at radius 3 is 2.43 bits per heavy atom. The van der Waals surface area contributed by atoms with Gasteiger partial charge in [0.1, 0.15) is 6.61 Å². The van der Waals surface area contributed by atoms with Gasteiger partial charge in [0.05, 0.1) is 18.7 Å². The van der Waals surface area contributed by atoms with Crippen molar-refractivity contribution in [2.75, 3.05) is 18.5 Å². The molecule has 3 aromatic carbocycles. The monoisotopic (exact) mass is 375 g/mol. The van der Waals surface area contributed by atoms with E-state index in [1.54, 1.807) is 12.1 Å². The Kier molecular flexibility index (Phi) is 6.54. The second kappa shape index (κ2) is 9.48. The molecule has 0 radical (unpaired) electrons. The topological polar surface area (TPSA) is 75.6 Å². The smallest absolute Gasteiger partial charge is 0.335 e. The van der Waals surface area contributed by atoms with Crippen molar-refractivity contribution in [3.8, 4) is 11.1 Å². The summed E-state index contributed by atoms with van der Waals surface area (Å²) in [7, 11) is 0. The van der Waals surface area contributed by atoms with Gasteiger partial charge in [-0.1, -0.05) is 60.7 Å². The van der Waals surface area contributed by atoms with Crippen molar-refractivity contribution in [1.29, 1.82) is 0 Å². The molecule has 0 bridgehead atoms. The number of rotatable bonds is 9. The van der Waals surface area contributed by atoms with Crippen LogP contribution in [-0.4, -0.2) is 30.0 Å². The van der Waals surface area contributed by atoms with Crippen LogP contribution in [0.2, 0.25) is 0 Å². The van der Waals surface area contributed by atoms with Gasteiger partial charge in [0.15, 0.2) is 5.78 Å². The highest BCUT2D eigenvalue weighted by Crippen LogP contribution is 2.23. The number of Topliss-reactive ketones (excluding diaryl/α,β-unsaturated/α-hetero) is 1. The molecule has 0 aromatic heterocycles. The van der Waals surface area contributed by atoms with Crippen molar-refractivity contribution in [2.45, 2.75) is 6.61 Å². The number of carbonyl (C=O) groups excluding carboxylic acids is 1. The molecule has 0 atom stereocenters. The van der Waals surface area contributed by atoms with E-state index in [4.69, 9.17) is 9.84 Å². The number of hydrogen-bond donors (Lipinski definition) is 2. The van der Waals surface area contributed by atoms with Gasteiger partial charge < -0.3 is 15.2 Å². The molecule has 3 rings (SSSR count). The summed E-state index contributed by atoms with van der Waals surface area (Å²) >= 11 is 0. The first-order chi connectivity index (χ1) is 13.6. The molecule has 0 saturated heterocycles. The Bertz CT molecular complexity index is 954. The number of carboxylic acid groups (broad SMARTS) is 1. The summed E-state index contributed by atoms with van der Waals surface area (Å²) in [6, 6.07) is 24.3. The van der Waals surface area contributed by atoms with E-state index in [1.165, 1.54) is 12.1 Å². The maximum Gasteiger partial charge on any atom is 0.335 e. The normalized spacial score (nSPS) is 10.4. The highest BCUT2D eigenvalue weighted by Gasteiger charge is 2.08. The van der Waals surface area contributed by atoms with Crippen LogP contribution in [0.5, 0.6) is 0 Å². The summed E-state index contributed by atoms with van der Waals surface area (Å²) in [5.74, 6) is -1.12. The van der Waals surface area contributed by atoms with E-state index < -0.39 is 5.97 Å². The van der Waals surface area contributed by atoms with E-state index in [-0.39, 0.29) is 24.5 Å². The fraction of sp³-hybridized carbons (Fsp3) is 0.130. The predicted molar refractivity (Wildman–Crippen MR) is 108 cm³/mol. The van der Waals surface area contributed by atoms with Crippen molar-refractivity contribution in [1.82, 2.24) is 0 Å². The summed E-state index contributed by atoms with van der Waals surface area (Å²) in [5, 5.41) is 11.9. The van der Waals surface area contributed by atoms with E-state index in [0.29, 0.717) is 12.3 Å². The molecule has 0 amide bonds. The van der Waals surface area contributed by atoms with Crippen LogP contribution in [0.25, 0.3) is 11.1 Å². The maximum absolute atomic E-state index is 12.1. The van der Waals surface area contributed by atoms with Crippen LogP contribution in [0.15, 0.2) is 78.9 Å². The summed E-state index contributed by atoms with van der Waals surface area (Å²) in [6.45, 7) is 0.392. The lowest BCUT2D eigenvalue weighted by molar-refractivity contribution is -0.122. The van der Waals surface area contributed by atoms with Gasteiger partial charge in [-0.25, -0.2) is 4.79 Å². The number of carboxylic acids is 1. The average Bonchev–Trinajstić information content (AvgIpc) is 2.73. The first-order valence-corrected chi connectivity index (χ1v) is 8.93. The Hall–Kier alpha value is -3.44. The zero-order valence-corrected chi connectivity index (χ0v) is 15.3. The SMILES string of the molecule is O=C(CNc1cccc(C(=O)O)c1)COCc1ccccc1-c1ccccc1. The molecular formula is C23H21NO4. The molecule has 28 heavy (non-hydrogen) atoms. The van der Waals surface area contributed by atoms with Crippen molar-refractivity contribution < 1.29 is 19.4 Å². The minimum Gasteiger partial charge on any atom is -0.478 e. The number of ether oxygens (including phenoxy) is 1. The highest BCUT2D eigenvalue weighted by atomic mass is 16.5. The summed E-state index contributed by atoms with van der Waals surface area (Å²) < 4.78 is 5.61. The highest BCUT2D eigenvalue weighted by molar-refractivity contribution is 5.89. The molecule has 0 fully saturated rings. The Labute approximate surface area is 163 Å². The third kappa shape index (κ3) is 5.28. The van der Waals surface area contributed by atoms with Gasteiger partial charge in [0.2, 0.25) is 0 Å². The van der Waals surface area contributed by atoms with Crippen LogP contribution >= 0.6 is 0 Å². The molecule has 0 saturated carbocycles. The lowest BCUT2D eigenvalue weighted by Gasteiger charge is -2.11. The second-order valence-electron chi connectivity index (χ2n) is 6.29. The van der Waals surface area contributed by atoms with E-state index in [1.807, 2.05) is 54.6 Å². The lowest BCUT2D eigenvalue weighted by atomic mass is 10.0. The minimum atomic E-state index is -1.00. The van der Waals surface area contributed by atoms with Crippen LogP contribution in [0.3, 0.4) is 0 Å². The second-order valence-corrected chi connectivity index (χ2v) is 6.29. The Morgan fingerprint density at radius 1 is 0.893 bits per heavy atom. The van der Waals surface area contributed by atoms with Crippen LogP contribution in [0.4, 0.5) is 5.69 Å². The third-order valence-corrected chi connectivity index (χ3v) is 4.22. The van der Waals surface area contributed by atoms with E-state index in [9.17, 15) is 9.59 Å². The van der Waals surface area contributed by atoms with E-state index >= 15 is 0 Å². The first-order valence-electron chi connectivity index (χ1n) is 8.93. The number of hydrogen-bond acceptors (Lipinski definition) is 4. The first kappa shape index (κ1) is 19.3. The van der Waals surface area contributed by atoms with Crippen LogP contribution in [0.1, 0.15) is 15.9 Å². The molecule has 0 unspecified atom stereocenters. The summed E-state index contributed by atoms with van der Waals surface area (Å²) in [4.78, 5) is 23.1. The van der Waals surface area contributed by atoms with Gasteiger partial charge in [0.25, 0.3) is 0 Å². The minimum absolute atomic E-state index is 0.0191. The predicted octanol–water partition coefficient (Wildman–Crippen LogP) is 4.25. The van der Waals surface area contributed by atoms with E-state index in [0.717, 1.165) is 16.7 Å². The number of benzene rings is 3. The van der Waals surface area contributed by atoms with Gasteiger partial charge >= 0.3 is 5.97 Å². The summed E-state index contributed by atoms with van der Waals surface area (Å²) in [6.07, 6.45) is 0. The molecule has 0 aliphatic carbocycles. The quantitative estimate of drug-likeness (QED) is 0.585. The zero-order chi connectivity index (χ0) is 19.8. The van der Waals surface area contributed by atoms with Crippen LogP contribution in [0, 0.1) is 0 Å². The molecule has 0 spiro atoms. The fourth-order valence-corrected chi connectivity index (χ4v) is 2.83. The standard InChI is InChI=1S/C23H21NO4/c25-21(14-24-20-11-6-10-18(13-20)23(26)27)16-28-15-19-9-4-5-12-22(19)17-7-2-1-3-8-17/h1-13,24H,14-16H2,(H,26,27). The third-order valence-electron chi connectivity index (χ3n) is 4.22. The van der Waals surface area contributed by atoms with Gasteiger partial charge in [-0.2, -0.15) is 0 Å². The van der Waals surface area contributed by atoms with Crippen molar-refractivity contribution in [3.05, 3.63) is 90.0 Å². The van der Waals surface area contributed by atoms with Crippen molar-refractivity contribution >= 4 is 17.4 Å². The Balaban J connectivity index is 1.51. The molecule has 0 heterocycles. The van der Waals surface area contributed by atoms with Gasteiger partial charge in [0, 0.05) is 5.69 Å². The molecule has 5 nitrogen and oxygen atoms in total. The molecule has 0 aliphatic rings. The number of anilines is 1. The molecule has 2 N–H and O–H groups in total. The zero-order valence-electron chi connectivity index (χ0n) is 15.3. The molecular weight excluding hydrogens is 354 g/mol. The van der Waals surface area contributed by atoms with Crippen LogP contribution < -0.4 is 5.32 Å². The summed E-state index contributed by atoms with van der Waals surface area (Å²) in [5.41, 5.74) is 3.96. The maximum atomic E-state index is 12.1. The van der Waals surface area contributed by atoms with Crippen molar-refractivity contribution in [3.63, 3.8) is 0 Å². The van der Waals surface area contributed by atoms with Gasteiger partial charge in [-0.05, 0) is 34.9 Å². The van der Waals surface area contributed by atoms with E-state index in [2.05, 4.69) is 5.32 Å². The van der Waals surface area contributed by atoms with Gasteiger partial charge in [-0.3, -0.25) is 4.79 Å². The van der Waals surface area contributed by atoms with Crippen LogP contribution in [-0.2, 0) is 16.1 Å². The molecule has 5 heteroatoms. The average molecular weight is 375 g/mol. The largest absolute Gasteiger partial charge is 0.478 e. The van der Waals surface area contributed by atoms with Gasteiger partial charge in [-0.15, -0.1) is 0 Å². The van der Waals surface area contributed by atoms with Crippen molar-refractivity contribution in [2.24, 2.45) is 0 Å². The number of nitrogens with one attached hydrogen (secondary N) is 1. The molecule has 3 aromatic rings. The fourth-order valence-electron chi connectivity index (χ4n) is 2.83. The Morgan fingerprint density at radius 2 is 1.64 bits per heavy atom. The number of ketones is 1. The lowest BCUT2D eigenvalue weighted by Crippen LogP contribution is -2.19. The number of aromatic carboxylic acids is 1. The number of carbonyl (C=O) groups is 2. The molecule has 142 valence electrons.